The van der Waals surface area contributed by atoms with E-state index < -0.39 is 0 Å². The second-order valence-electron chi connectivity index (χ2n) is 6.10. The first-order chi connectivity index (χ1) is 13.7. The molecule has 3 aromatic rings. The number of benzene rings is 1. The number of aromatic nitrogens is 2. The third-order valence-corrected chi connectivity index (χ3v) is 4.22. The first-order valence-electron chi connectivity index (χ1n) is 9.02. The quantitative estimate of drug-likeness (QED) is 0.330. The number of nitrogens with zero attached hydrogens (tertiary/aromatic N) is 4. The van der Waals surface area contributed by atoms with E-state index in [1.807, 2.05) is 42.5 Å². The van der Waals surface area contributed by atoms with Crippen molar-refractivity contribution in [3.05, 3.63) is 65.7 Å². The van der Waals surface area contributed by atoms with Crippen LogP contribution in [-0.4, -0.2) is 29.3 Å². The number of rotatable bonds is 7. The molecule has 0 aliphatic rings. The molecule has 28 heavy (non-hydrogen) atoms. The summed E-state index contributed by atoms with van der Waals surface area (Å²) in [6, 6.07) is 15.5. The summed E-state index contributed by atoms with van der Waals surface area (Å²) in [5.41, 5.74) is 8.10. The predicted octanol–water partition coefficient (Wildman–Crippen LogP) is 2.22. The Morgan fingerprint density at radius 1 is 1.25 bits per heavy atom. The van der Waals surface area contributed by atoms with Crippen LogP contribution in [0.1, 0.15) is 23.4 Å². The number of guanidine groups is 1. The lowest BCUT2D eigenvalue weighted by Gasteiger charge is -2.10. The molecule has 0 radical (unpaired) electrons. The van der Waals surface area contributed by atoms with E-state index in [0.29, 0.717) is 42.5 Å². The molecule has 1 aromatic carbocycles. The molecule has 0 saturated carbocycles. The zero-order valence-corrected chi connectivity index (χ0v) is 15.7. The summed E-state index contributed by atoms with van der Waals surface area (Å²) in [4.78, 5) is 4.18. The molecule has 0 spiro atoms. The molecular formula is C20H23N7O. The maximum Gasteiger partial charge on any atom is 0.191 e. The number of hydrogen-bond acceptors (Lipinski definition) is 5. The van der Waals surface area contributed by atoms with Crippen molar-refractivity contribution in [2.24, 2.45) is 4.99 Å². The molecule has 0 saturated heterocycles. The van der Waals surface area contributed by atoms with Crippen LogP contribution in [0.25, 0.3) is 5.69 Å². The van der Waals surface area contributed by atoms with E-state index in [4.69, 9.17) is 10.2 Å². The molecule has 0 bridgehead atoms. The molecular weight excluding hydrogens is 354 g/mol. The van der Waals surface area contributed by atoms with E-state index in [1.165, 1.54) is 0 Å². The van der Waals surface area contributed by atoms with Gasteiger partial charge in [0.05, 0.1) is 24.2 Å². The van der Waals surface area contributed by atoms with Gasteiger partial charge >= 0.3 is 0 Å². The number of para-hydroxylation sites is 1. The Balaban J connectivity index is 1.55. The fourth-order valence-electron chi connectivity index (χ4n) is 2.81. The van der Waals surface area contributed by atoms with Gasteiger partial charge in [0, 0.05) is 13.6 Å². The normalized spacial score (nSPS) is 11.2. The number of hydrogen-bond donors (Lipinski definition) is 3. The molecule has 0 atom stereocenters. The average Bonchev–Trinajstić information content (AvgIpc) is 3.35. The molecule has 0 aliphatic heterocycles. The Morgan fingerprint density at radius 2 is 2.07 bits per heavy atom. The minimum absolute atomic E-state index is 0.368. The Bertz CT molecular complexity index is 953. The van der Waals surface area contributed by atoms with Crippen LogP contribution in [0.5, 0.6) is 0 Å². The van der Waals surface area contributed by atoms with Crippen molar-refractivity contribution in [2.45, 2.75) is 19.4 Å². The lowest BCUT2D eigenvalue weighted by atomic mass is 10.1. The number of anilines is 1. The monoisotopic (exact) mass is 377 g/mol. The second kappa shape index (κ2) is 9.28. The first-order valence-corrected chi connectivity index (χ1v) is 9.02. The van der Waals surface area contributed by atoms with Gasteiger partial charge in [-0.05, 0) is 37.1 Å². The average molecular weight is 377 g/mol. The maximum atomic E-state index is 9.47. The van der Waals surface area contributed by atoms with Gasteiger partial charge in [0.15, 0.2) is 5.96 Å². The van der Waals surface area contributed by atoms with Gasteiger partial charge < -0.3 is 20.8 Å². The third-order valence-electron chi connectivity index (χ3n) is 4.22. The molecule has 3 rings (SSSR count). The number of aryl methyl sites for hydroxylation is 1. The minimum Gasteiger partial charge on any atom is -0.467 e. The van der Waals surface area contributed by atoms with E-state index >= 15 is 0 Å². The zero-order valence-electron chi connectivity index (χ0n) is 15.7. The van der Waals surface area contributed by atoms with Gasteiger partial charge in [-0.2, -0.15) is 10.4 Å². The maximum absolute atomic E-state index is 9.47. The van der Waals surface area contributed by atoms with Crippen LogP contribution in [0.15, 0.2) is 58.1 Å². The molecule has 0 amide bonds. The highest BCUT2D eigenvalue weighted by Gasteiger charge is 2.16. The molecule has 0 fully saturated rings. The van der Waals surface area contributed by atoms with Crippen LogP contribution in [-0.2, 0) is 13.0 Å². The van der Waals surface area contributed by atoms with E-state index in [9.17, 15) is 5.26 Å². The van der Waals surface area contributed by atoms with Crippen molar-refractivity contribution in [1.82, 2.24) is 20.4 Å². The Hall–Kier alpha value is -3.73. The molecule has 4 N–H and O–H groups in total. The van der Waals surface area contributed by atoms with E-state index in [1.54, 1.807) is 18.0 Å². The zero-order chi connectivity index (χ0) is 19.8. The van der Waals surface area contributed by atoms with Crippen molar-refractivity contribution in [3.63, 3.8) is 0 Å². The molecule has 2 aromatic heterocycles. The summed E-state index contributed by atoms with van der Waals surface area (Å²) in [5, 5.41) is 20.4. The van der Waals surface area contributed by atoms with Gasteiger partial charge in [0.1, 0.15) is 23.2 Å². The van der Waals surface area contributed by atoms with Gasteiger partial charge in [0.25, 0.3) is 0 Å². The van der Waals surface area contributed by atoms with Gasteiger partial charge in [-0.3, -0.25) is 4.99 Å². The smallest absolute Gasteiger partial charge is 0.191 e. The number of furan rings is 1. The molecule has 144 valence electrons. The largest absolute Gasteiger partial charge is 0.467 e. The van der Waals surface area contributed by atoms with Crippen molar-refractivity contribution in [3.8, 4) is 11.8 Å². The molecule has 2 heterocycles. The Morgan fingerprint density at radius 3 is 2.75 bits per heavy atom. The summed E-state index contributed by atoms with van der Waals surface area (Å²) in [5.74, 6) is 1.89. The standard InChI is InChI=1S/C20H23N7O/c1-23-20(25-14-16-9-6-12-28-16)24-11-5-10-18-17(13-21)19(22)27(26-18)15-7-3-2-4-8-15/h2-4,6-9,12H,5,10-11,14,22H2,1H3,(H2,23,24,25). The molecule has 8 heteroatoms. The van der Waals surface area contributed by atoms with Crippen LogP contribution in [0.2, 0.25) is 0 Å². The second-order valence-corrected chi connectivity index (χ2v) is 6.10. The highest BCUT2D eigenvalue weighted by atomic mass is 16.3. The van der Waals surface area contributed by atoms with Crippen LogP contribution < -0.4 is 16.4 Å². The fourth-order valence-corrected chi connectivity index (χ4v) is 2.81. The van der Waals surface area contributed by atoms with Crippen molar-refractivity contribution in [1.29, 1.82) is 5.26 Å². The summed E-state index contributed by atoms with van der Waals surface area (Å²) in [7, 11) is 1.72. The Kier molecular flexibility index (Phi) is 6.31. The fraction of sp³-hybridized carbons (Fsp3) is 0.250. The van der Waals surface area contributed by atoms with Gasteiger partial charge in [-0.1, -0.05) is 18.2 Å². The highest BCUT2D eigenvalue weighted by molar-refractivity contribution is 5.79. The van der Waals surface area contributed by atoms with Crippen LogP contribution in [0.3, 0.4) is 0 Å². The summed E-state index contributed by atoms with van der Waals surface area (Å²) < 4.78 is 6.91. The van der Waals surface area contributed by atoms with E-state index in [0.717, 1.165) is 17.9 Å². The lowest BCUT2D eigenvalue weighted by Crippen LogP contribution is -2.37. The minimum atomic E-state index is 0.368. The van der Waals surface area contributed by atoms with Crippen molar-refractivity contribution < 1.29 is 4.42 Å². The van der Waals surface area contributed by atoms with E-state index in [-0.39, 0.29) is 0 Å². The summed E-state index contributed by atoms with van der Waals surface area (Å²) >= 11 is 0. The van der Waals surface area contributed by atoms with E-state index in [2.05, 4.69) is 26.8 Å². The van der Waals surface area contributed by atoms with Gasteiger partial charge in [-0.25, -0.2) is 4.68 Å². The number of nitriles is 1. The SMILES string of the molecule is CN=C(NCCCc1nn(-c2ccccc2)c(N)c1C#N)NCc1ccco1. The molecule has 8 nitrogen and oxygen atoms in total. The number of nitrogens with two attached hydrogens (primary N) is 1. The lowest BCUT2D eigenvalue weighted by molar-refractivity contribution is 0.501. The van der Waals surface area contributed by atoms with Crippen molar-refractivity contribution in [2.75, 3.05) is 19.3 Å². The van der Waals surface area contributed by atoms with Crippen LogP contribution >= 0.6 is 0 Å². The third kappa shape index (κ3) is 4.51. The van der Waals surface area contributed by atoms with Gasteiger partial charge in [0.2, 0.25) is 0 Å². The van der Waals surface area contributed by atoms with Crippen LogP contribution in [0, 0.1) is 11.3 Å². The Labute approximate surface area is 163 Å². The molecule has 0 unspecified atom stereocenters. The summed E-state index contributed by atoms with van der Waals surface area (Å²) in [6.07, 6.45) is 3.05. The highest BCUT2D eigenvalue weighted by Crippen LogP contribution is 2.21. The topological polar surface area (TPSA) is 117 Å². The molecule has 0 aliphatic carbocycles. The predicted molar refractivity (Wildman–Crippen MR) is 108 cm³/mol. The van der Waals surface area contributed by atoms with Crippen molar-refractivity contribution >= 4 is 11.8 Å². The first kappa shape index (κ1) is 19.0. The number of nitrogens with one attached hydrogen (secondary N) is 2. The summed E-state index contributed by atoms with van der Waals surface area (Å²) in [6.45, 7) is 1.24. The van der Waals surface area contributed by atoms with Gasteiger partial charge in [-0.15, -0.1) is 0 Å². The van der Waals surface area contributed by atoms with Crippen LogP contribution in [0.4, 0.5) is 5.82 Å². The number of aliphatic imine (C=N–C) groups is 1. The number of nitrogen functional groups attached to an aromatic ring is 1.